The molecule has 2 aromatic rings. The molecule has 0 aliphatic carbocycles. The zero-order valence-corrected chi connectivity index (χ0v) is 15.9. The van der Waals surface area contributed by atoms with E-state index in [0.717, 1.165) is 17.7 Å². The number of hydrogen-bond acceptors (Lipinski definition) is 5. The van der Waals surface area contributed by atoms with Gasteiger partial charge in [-0.15, -0.1) is 0 Å². The van der Waals surface area contributed by atoms with Crippen molar-refractivity contribution in [3.8, 4) is 0 Å². The maximum Gasteiger partial charge on any atom is 0.255 e. The molecule has 1 saturated heterocycles. The minimum atomic E-state index is -0.167. The van der Waals surface area contributed by atoms with E-state index < -0.39 is 0 Å². The second-order valence-corrected chi connectivity index (χ2v) is 7.14. The molecule has 2 aliphatic heterocycles. The van der Waals surface area contributed by atoms with E-state index in [1.165, 1.54) is 10.6 Å². The van der Waals surface area contributed by atoms with Crippen LogP contribution in [0.3, 0.4) is 0 Å². The number of morpholine rings is 1. The van der Waals surface area contributed by atoms with E-state index in [-0.39, 0.29) is 17.9 Å². The van der Waals surface area contributed by atoms with Crippen LogP contribution in [0.2, 0.25) is 5.02 Å². The van der Waals surface area contributed by atoms with Gasteiger partial charge in [-0.1, -0.05) is 17.7 Å². The lowest BCUT2D eigenvalue weighted by molar-refractivity contribution is -0.118. The van der Waals surface area contributed by atoms with Crippen molar-refractivity contribution in [3.63, 3.8) is 0 Å². The Balaban J connectivity index is 1.59. The van der Waals surface area contributed by atoms with Crippen molar-refractivity contribution >= 4 is 29.0 Å². The molecule has 0 saturated carbocycles. The lowest BCUT2D eigenvalue weighted by atomic mass is 10.2. The van der Waals surface area contributed by atoms with Crippen molar-refractivity contribution in [2.75, 3.05) is 42.6 Å². The van der Waals surface area contributed by atoms with Crippen molar-refractivity contribution in [2.45, 2.75) is 12.8 Å². The summed E-state index contributed by atoms with van der Waals surface area (Å²) in [5.74, 6) is 0.983. The summed E-state index contributed by atoms with van der Waals surface area (Å²) < 4.78 is 6.80. The molecule has 0 spiro atoms. The van der Waals surface area contributed by atoms with Gasteiger partial charge in [0.2, 0.25) is 5.91 Å². The predicted octanol–water partition coefficient (Wildman–Crippen LogP) is 1.40. The Hall–Kier alpha value is -2.38. The number of anilines is 2. The molecule has 0 bridgehead atoms. The largest absolute Gasteiger partial charge is 0.378 e. The summed E-state index contributed by atoms with van der Waals surface area (Å²) >= 11 is 6.24. The van der Waals surface area contributed by atoms with Crippen molar-refractivity contribution < 1.29 is 9.53 Å². The maximum absolute atomic E-state index is 12.9. The van der Waals surface area contributed by atoms with E-state index in [1.54, 1.807) is 11.9 Å². The smallest absolute Gasteiger partial charge is 0.255 e. The highest BCUT2D eigenvalue weighted by Gasteiger charge is 2.27. The first-order chi connectivity index (χ1) is 13.0. The lowest BCUT2D eigenvalue weighted by Crippen LogP contribution is -2.39. The van der Waals surface area contributed by atoms with Gasteiger partial charge in [-0.2, -0.15) is 0 Å². The van der Waals surface area contributed by atoms with Crippen LogP contribution in [0.15, 0.2) is 29.1 Å². The molecule has 3 heterocycles. The van der Waals surface area contributed by atoms with Gasteiger partial charge >= 0.3 is 0 Å². The van der Waals surface area contributed by atoms with Crippen molar-refractivity contribution in [1.82, 2.24) is 9.55 Å². The number of amides is 1. The molecule has 1 fully saturated rings. The van der Waals surface area contributed by atoms with Crippen LogP contribution in [0, 0.1) is 0 Å². The van der Waals surface area contributed by atoms with E-state index >= 15 is 0 Å². The van der Waals surface area contributed by atoms with Gasteiger partial charge in [-0.25, -0.2) is 4.98 Å². The first-order valence-corrected chi connectivity index (χ1v) is 9.40. The Bertz CT molecular complexity index is 937. The SMILES string of the molecule is Cn1c(CC(=O)N2CCc3c(Cl)cccc32)nc(N2CCOCC2)cc1=O. The number of carbonyl (C=O) groups is 1. The zero-order valence-electron chi connectivity index (χ0n) is 15.2. The average molecular weight is 389 g/mol. The van der Waals surface area contributed by atoms with Gasteiger partial charge in [0.15, 0.2) is 0 Å². The minimum Gasteiger partial charge on any atom is -0.378 e. The highest BCUT2D eigenvalue weighted by molar-refractivity contribution is 6.32. The van der Waals surface area contributed by atoms with Crippen LogP contribution in [0.4, 0.5) is 11.5 Å². The third-order valence-corrected chi connectivity index (χ3v) is 5.48. The Kier molecular flexibility index (Phi) is 4.88. The topological polar surface area (TPSA) is 67.7 Å². The summed E-state index contributed by atoms with van der Waals surface area (Å²) in [4.78, 5) is 33.7. The van der Waals surface area contributed by atoms with Gasteiger partial charge in [-0.05, 0) is 24.1 Å². The highest BCUT2D eigenvalue weighted by Crippen LogP contribution is 2.33. The lowest BCUT2D eigenvalue weighted by Gasteiger charge is -2.28. The van der Waals surface area contributed by atoms with Crippen molar-refractivity contribution in [1.29, 1.82) is 0 Å². The van der Waals surface area contributed by atoms with Crippen LogP contribution in [-0.4, -0.2) is 48.3 Å². The number of carbonyl (C=O) groups excluding carboxylic acids is 1. The second kappa shape index (κ2) is 7.32. The molecule has 1 aromatic heterocycles. The Labute approximate surface area is 162 Å². The average Bonchev–Trinajstić information content (AvgIpc) is 3.11. The number of rotatable bonds is 3. The Morgan fingerprint density at radius 3 is 2.81 bits per heavy atom. The van der Waals surface area contributed by atoms with Gasteiger partial charge in [0.25, 0.3) is 5.56 Å². The molecule has 0 atom stereocenters. The molecule has 27 heavy (non-hydrogen) atoms. The summed E-state index contributed by atoms with van der Waals surface area (Å²) in [6, 6.07) is 7.11. The van der Waals surface area contributed by atoms with E-state index in [1.807, 2.05) is 23.1 Å². The fourth-order valence-electron chi connectivity index (χ4n) is 3.57. The molecule has 142 valence electrons. The van der Waals surface area contributed by atoms with Gasteiger partial charge in [0.1, 0.15) is 11.6 Å². The van der Waals surface area contributed by atoms with Crippen molar-refractivity contribution in [3.05, 3.63) is 51.0 Å². The zero-order chi connectivity index (χ0) is 19.0. The molecule has 8 heteroatoms. The fraction of sp³-hybridized carbons (Fsp3) is 0.421. The molecular formula is C19H21ClN4O3. The monoisotopic (exact) mass is 388 g/mol. The molecular weight excluding hydrogens is 368 g/mol. The quantitative estimate of drug-likeness (QED) is 0.795. The van der Waals surface area contributed by atoms with E-state index in [9.17, 15) is 9.59 Å². The van der Waals surface area contributed by atoms with Crippen LogP contribution < -0.4 is 15.4 Å². The van der Waals surface area contributed by atoms with E-state index in [2.05, 4.69) is 4.98 Å². The van der Waals surface area contributed by atoms with Gasteiger partial charge in [-0.3, -0.25) is 14.2 Å². The molecule has 1 aromatic carbocycles. The summed E-state index contributed by atoms with van der Waals surface area (Å²) in [5, 5.41) is 0.683. The molecule has 0 N–H and O–H groups in total. The number of benzene rings is 1. The Morgan fingerprint density at radius 2 is 2.04 bits per heavy atom. The summed E-state index contributed by atoms with van der Waals surface area (Å²) in [7, 11) is 1.65. The molecule has 0 radical (unpaired) electrons. The van der Waals surface area contributed by atoms with Crippen LogP contribution >= 0.6 is 11.6 Å². The number of aromatic nitrogens is 2. The molecule has 1 amide bonds. The first-order valence-electron chi connectivity index (χ1n) is 9.02. The molecule has 7 nitrogen and oxygen atoms in total. The van der Waals surface area contributed by atoms with Crippen molar-refractivity contribution in [2.24, 2.45) is 7.05 Å². The summed E-state index contributed by atoms with van der Waals surface area (Å²) in [5.41, 5.74) is 1.68. The number of nitrogens with zero attached hydrogens (tertiary/aromatic N) is 4. The maximum atomic E-state index is 12.9. The minimum absolute atomic E-state index is 0.0654. The van der Waals surface area contributed by atoms with Gasteiger partial charge < -0.3 is 14.5 Å². The van der Waals surface area contributed by atoms with Gasteiger partial charge in [0, 0.05) is 43.5 Å². The molecule has 0 unspecified atom stereocenters. The number of ether oxygens (including phenoxy) is 1. The number of fused-ring (bicyclic) bond motifs is 1. The van der Waals surface area contributed by atoms with E-state index in [4.69, 9.17) is 16.3 Å². The van der Waals surface area contributed by atoms with Gasteiger partial charge in [0.05, 0.1) is 19.6 Å². The molecule has 4 rings (SSSR count). The predicted molar refractivity (Wildman–Crippen MR) is 104 cm³/mol. The normalized spacial score (nSPS) is 16.5. The third-order valence-electron chi connectivity index (χ3n) is 5.13. The molecule has 2 aliphatic rings. The van der Waals surface area contributed by atoms with Crippen LogP contribution in [-0.2, 0) is 29.4 Å². The first kappa shape index (κ1) is 18.0. The second-order valence-electron chi connectivity index (χ2n) is 6.74. The summed E-state index contributed by atoms with van der Waals surface area (Å²) in [6.45, 7) is 3.18. The number of halogens is 1. The Morgan fingerprint density at radius 1 is 1.26 bits per heavy atom. The van der Waals surface area contributed by atoms with Crippen LogP contribution in [0.1, 0.15) is 11.4 Å². The standard InChI is InChI=1S/C19H21ClN4O3/c1-22-16(21-17(12-18(22)25)23-7-9-27-10-8-23)11-19(26)24-6-5-13-14(20)3-2-4-15(13)24/h2-4,12H,5-11H2,1H3. The fourth-order valence-corrected chi connectivity index (χ4v) is 3.83. The summed E-state index contributed by atoms with van der Waals surface area (Å²) in [6.07, 6.45) is 0.802. The third kappa shape index (κ3) is 3.44. The van der Waals surface area contributed by atoms with Crippen LogP contribution in [0.25, 0.3) is 0 Å². The number of hydrogen-bond donors (Lipinski definition) is 0. The van der Waals surface area contributed by atoms with Crippen LogP contribution in [0.5, 0.6) is 0 Å². The van der Waals surface area contributed by atoms with E-state index in [0.29, 0.717) is 49.5 Å². The highest BCUT2D eigenvalue weighted by atomic mass is 35.5.